The zero-order valence-corrected chi connectivity index (χ0v) is 16.1. The highest BCUT2D eigenvalue weighted by Crippen LogP contribution is 2.15. The molecule has 0 aliphatic carbocycles. The van der Waals surface area contributed by atoms with Gasteiger partial charge in [0, 0.05) is 19.2 Å². The number of aryl methyl sites for hydroxylation is 1. The molecule has 28 heavy (non-hydrogen) atoms. The van der Waals surface area contributed by atoms with E-state index in [0.717, 1.165) is 5.56 Å². The minimum absolute atomic E-state index is 0.00825. The molecule has 0 aliphatic rings. The van der Waals surface area contributed by atoms with Gasteiger partial charge in [-0.25, -0.2) is 4.98 Å². The van der Waals surface area contributed by atoms with Gasteiger partial charge in [-0.2, -0.15) is 0 Å². The van der Waals surface area contributed by atoms with Crippen LogP contribution in [0.2, 0.25) is 0 Å². The van der Waals surface area contributed by atoms with Crippen molar-refractivity contribution >= 4 is 34.4 Å². The zero-order chi connectivity index (χ0) is 20.3. The van der Waals surface area contributed by atoms with Gasteiger partial charge in [-0.05, 0) is 36.8 Å². The number of anilines is 2. The second-order valence-corrected chi connectivity index (χ2v) is 6.54. The third kappa shape index (κ3) is 3.93. The molecule has 0 aliphatic heterocycles. The van der Waals surface area contributed by atoms with Crippen LogP contribution >= 0.6 is 0 Å². The number of benzene rings is 2. The molecule has 0 saturated heterocycles. The molecule has 7 heteroatoms. The Morgan fingerprint density at radius 3 is 2.61 bits per heavy atom. The van der Waals surface area contributed by atoms with E-state index in [1.54, 1.807) is 37.3 Å². The molecule has 1 heterocycles. The van der Waals surface area contributed by atoms with Gasteiger partial charge in [0.25, 0.3) is 5.56 Å². The third-order valence-electron chi connectivity index (χ3n) is 4.43. The molecule has 0 saturated carbocycles. The molecule has 144 valence electrons. The normalized spacial score (nSPS) is 10.7. The quantitative estimate of drug-likeness (QED) is 0.740. The van der Waals surface area contributed by atoms with Gasteiger partial charge in [-0.3, -0.25) is 23.9 Å². The minimum atomic E-state index is -0.484. The summed E-state index contributed by atoms with van der Waals surface area (Å²) in [6.07, 6.45) is 0.248. The summed E-state index contributed by atoms with van der Waals surface area (Å²) in [6.45, 7) is 3.47. The van der Waals surface area contributed by atoms with Crippen molar-refractivity contribution in [3.8, 4) is 0 Å². The lowest BCUT2D eigenvalue weighted by atomic mass is 10.2. The first kappa shape index (κ1) is 19.3. The number of nitrogens with one attached hydrogen (secondary N) is 1. The van der Waals surface area contributed by atoms with Gasteiger partial charge in [0.2, 0.25) is 17.6 Å². The molecule has 3 aromatic rings. The predicted octanol–water partition coefficient (Wildman–Crippen LogP) is 2.72. The van der Waals surface area contributed by atoms with Crippen LogP contribution in [0.25, 0.3) is 11.0 Å². The van der Waals surface area contributed by atoms with E-state index in [1.807, 2.05) is 25.1 Å². The number of para-hydroxylation sites is 2. The van der Waals surface area contributed by atoms with Crippen LogP contribution in [0.1, 0.15) is 18.9 Å². The maximum absolute atomic E-state index is 13.0. The van der Waals surface area contributed by atoms with E-state index < -0.39 is 5.56 Å². The molecular weight excluding hydrogens is 356 g/mol. The highest BCUT2D eigenvalue weighted by molar-refractivity contribution is 5.94. The first-order valence-electron chi connectivity index (χ1n) is 9.03. The van der Waals surface area contributed by atoms with E-state index in [1.165, 1.54) is 16.5 Å². The van der Waals surface area contributed by atoms with Crippen molar-refractivity contribution in [3.63, 3.8) is 0 Å². The molecular formula is C21H22N4O3. The number of amides is 2. The molecule has 0 unspecified atom stereocenters. The Labute approximate surface area is 162 Å². The van der Waals surface area contributed by atoms with Crippen molar-refractivity contribution in [2.75, 3.05) is 17.3 Å². The average molecular weight is 378 g/mol. The summed E-state index contributed by atoms with van der Waals surface area (Å²) in [6, 6.07) is 14.5. The van der Waals surface area contributed by atoms with Gasteiger partial charge in [0.1, 0.15) is 6.54 Å². The summed E-state index contributed by atoms with van der Waals surface area (Å²) in [4.78, 5) is 43.3. The fourth-order valence-corrected chi connectivity index (χ4v) is 2.98. The van der Waals surface area contributed by atoms with Gasteiger partial charge in [-0.1, -0.05) is 31.2 Å². The van der Waals surface area contributed by atoms with E-state index in [-0.39, 0.29) is 30.6 Å². The Morgan fingerprint density at radius 1 is 1.14 bits per heavy atom. The summed E-state index contributed by atoms with van der Waals surface area (Å²) in [7, 11) is 1.52. The van der Waals surface area contributed by atoms with E-state index >= 15 is 0 Å². The number of hydrogen-bond donors (Lipinski definition) is 1. The van der Waals surface area contributed by atoms with Crippen molar-refractivity contribution in [2.45, 2.75) is 26.8 Å². The van der Waals surface area contributed by atoms with Gasteiger partial charge >= 0.3 is 0 Å². The molecule has 0 spiro atoms. The predicted molar refractivity (Wildman–Crippen MR) is 110 cm³/mol. The molecule has 2 amide bonds. The highest BCUT2D eigenvalue weighted by atomic mass is 16.2. The number of carbonyl (C=O) groups excluding carboxylic acids is 2. The number of nitrogens with zero attached hydrogens (tertiary/aromatic N) is 3. The van der Waals surface area contributed by atoms with E-state index in [2.05, 4.69) is 10.3 Å². The van der Waals surface area contributed by atoms with Crippen LogP contribution in [-0.4, -0.2) is 28.4 Å². The van der Waals surface area contributed by atoms with Crippen LogP contribution < -0.4 is 15.8 Å². The smallest absolute Gasteiger partial charge is 0.294 e. The number of hydrogen-bond acceptors (Lipinski definition) is 4. The number of rotatable bonds is 5. The summed E-state index contributed by atoms with van der Waals surface area (Å²) in [5.74, 6) is -0.552. The summed E-state index contributed by atoms with van der Waals surface area (Å²) in [5.41, 5.74) is 2.27. The van der Waals surface area contributed by atoms with Crippen molar-refractivity contribution in [1.82, 2.24) is 9.55 Å². The van der Waals surface area contributed by atoms with Crippen LogP contribution in [0, 0.1) is 6.92 Å². The van der Waals surface area contributed by atoms with Crippen LogP contribution in [0.5, 0.6) is 0 Å². The average Bonchev–Trinajstić information content (AvgIpc) is 2.68. The standard InChI is InChI=1S/C21H22N4O3/c1-4-19(27)24(3)20-21(28)25(17-11-6-5-10-16(17)23-20)13-18(26)22-15-9-7-8-14(2)12-15/h5-12H,4,13H2,1-3H3,(H,22,26). The zero-order valence-electron chi connectivity index (χ0n) is 16.1. The third-order valence-corrected chi connectivity index (χ3v) is 4.43. The van der Waals surface area contributed by atoms with Crippen molar-refractivity contribution in [1.29, 1.82) is 0 Å². The molecule has 3 rings (SSSR count). The minimum Gasteiger partial charge on any atom is -0.325 e. The van der Waals surface area contributed by atoms with E-state index in [0.29, 0.717) is 16.7 Å². The lowest BCUT2D eigenvalue weighted by Gasteiger charge is -2.18. The first-order chi connectivity index (χ1) is 13.4. The Kier molecular flexibility index (Phi) is 5.54. The molecule has 7 nitrogen and oxygen atoms in total. The second kappa shape index (κ2) is 8.04. The van der Waals surface area contributed by atoms with Crippen molar-refractivity contribution in [3.05, 3.63) is 64.4 Å². The molecule has 0 fully saturated rings. The molecule has 1 N–H and O–H groups in total. The summed E-state index contributed by atoms with van der Waals surface area (Å²) in [5, 5.41) is 2.81. The monoisotopic (exact) mass is 378 g/mol. The number of aromatic nitrogens is 2. The van der Waals surface area contributed by atoms with E-state index in [9.17, 15) is 14.4 Å². The fraction of sp³-hybridized carbons (Fsp3) is 0.238. The first-order valence-corrected chi connectivity index (χ1v) is 9.03. The Bertz CT molecular complexity index is 1100. The van der Waals surface area contributed by atoms with Crippen molar-refractivity contribution in [2.24, 2.45) is 0 Å². The van der Waals surface area contributed by atoms with Crippen LogP contribution in [-0.2, 0) is 16.1 Å². The molecule has 0 bridgehead atoms. The maximum Gasteiger partial charge on any atom is 0.294 e. The molecule has 0 radical (unpaired) electrons. The lowest BCUT2D eigenvalue weighted by molar-refractivity contribution is -0.118. The lowest BCUT2D eigenvalue weighted by Crippen LogP contribution is -2.36. The van der Waals surface area contributed by atoms with Crippen LogP contribution in [0.3, 0.4) is 0 Å². The Balaban J connectivity index is 2.01. The van der Waals surface area contributed by atoms with Gasteiger partial charge in [-0.15, -0.1) is 0 Å². The second-order valence-electron chi connectivity index (χ2n) is 6.54. The largest absolute Gasteiger partial charge is 0.325 e. The number of fused-ring (bicyclic) bond motifs is 1. The van der Waals surface area contributed by atoms with Gasteiger partial charge in [0.15, 0.2) is 0 Å². The SMILES string of the molecule is CCC(=O)N(C)c1nc2ccccc2n(CC(=O)Nc2cccc(C)c2)c1=O. The maximum atomic E-state index is 13.0. The molecule has 0 atom stereocenters. The topological polar surface area (TPSA) is 84.3 Å². The summed E-state index contributed by atoms with van der Waals surface area (Å²) < 4.78 is 1.35. The molecule has 2 aromatic carbocycles. The van der Waals surface area contributed by atoms with Gasteiger partial charge in [0.05, 0.1) is 11.0 Å². The van der Waals surface area contributed by atoms with Crippen molar-refractivity contribution < 1.29 is 9.59 Å². The highest BCUT2D eigenvalue weighted by Gasteiger charge is 2.19. The Morgan fingerprint density at radius 2 is 1.89 bits per heavy atom. The van der Waals surface area contributed by atoms with Crippen LogP contribution in [0.4, 0.5) is 11.5 Å². The van der Waals surface area contributed by atoms with E-state index in [4.69, 9.17) is 0 Å². The van der Waals surface area contributed by atoms with Gasteiger partial charge < -0.3 is 5.32 Å². The Hall–Kier alpha value is -3.48. The summed E-state index contributed by atoms with van der Waals surface area (Å²) >= 11 is 0. The number of carbonyl (C=O) groups is 2. The van der Waals surface area contributed by atoms with Crippen LogP contribution in [0.15, 0.2) is 53.3 Å². The fourth-order valence-electron chi connectivity index (χ4n) is 2.98. The molecule has 1 aromatic heterocycles.